The molecule has 0 aliphatic carbocycles. The Morgan fingerprint density at radius 1 is 1.65 bits per heavy atom. The molecule has 6 nitrogen and oxygen atoms in total. The van der Waals surface area contributed by atoms with Crippen molar-refractivity contribution in [3.05, 3.63) is 24.2 Å². The molecule has 1 rings (SSSR count). The summed E-state index contributed by atoms with van der Waals surface area (Å²) >= 11 is 1.24. The molecule has 0 saturated carbocycles. The van der Waals surface area contributed by atoms with E-state index in [9.17, 15) is 9.59 Å². The Hall–Kier alpha value is -1.89. The van der Waals surface area contributed by atoms with Crippen LogP contribution in [0.5, 0.6) is 0 Å². The zero-order chi connectivity index (χ0) is 12.7. The number of thiazole rings is 1. The zero-order valence-corrected chi connectivity index (χ0v) is 9.85. The summed E-state index contributed by atoms with van der Waals surface area (Å²) in [4.78, 5) is 27.3. The average molecular weight is 256 g/mol. The van der Waals surface area contributed by atoms with Gasteiger partial charge in [-0.2, -0.15) is 0 Å². The Balaban J connectivity index is 2.68. The van der Waals surface area contributed by atoms with E-state index in [2.05, 4.69) is 11.6 Å². The van der Waals surface area contributed by atoms with Crippen molar-refractivity contribution in [3.63, 3.8) is 0 Å². The summed E-state index contributed by atoms with van der Waals surface area (Å²) in [5.74, 6) is -0.983. The van der Waals surface area contributed by atoms with Gasteiger partial charge < -0.3 is 9.84 Å². The fourth-order valence-corrected chi connectivity index (χ4v) is 1.69. The number of hydrogen-bond donors (Lipinski definition) is 1. The fraction of sp³-hybridized carbons (Fsp3) is 0.300. The summed E-state index contributed by atoms with van der Waals surface area (Å²) in [5, 5.41) is 10.7. The van der Waals surface area contributed by atoms with E-state index in [0.717, 1.165) is 0 Å². The third-order valence-electron chi connectivity index (χ3n) is 1.74. The summed E-state index contributed by atoms with van der Waals surface area (Å²) < 4.78 is 4.85. The van der Waals surface area contributed by atoms with Crippen molar-refractivity contribution >= 4 is 28.5 Å². The number of carboxylic acids is 1. The van der Waals surface area contributed by atoms with Crippen LogP contribution in [0.3, 0.4) is 0 Å². The number of aliphatic carboxylic acids is 1. The van der Waals surface area contributed by atoms with Crippen molar-refractivity contribution in [3.8, 4) is 0 Å². The largest absolute Gasteiger partial charge is 0.481 e. The van der Waals surface area contributed by atoms with Crippen LogP contribution in [0.25, 0.3) is 0 Å². The molecule has 0 bridgehead atoms. The van der Waals surface area contributed by atoms with E-state index in [1.54, 1.807) is 5.38 Å². The third kappa shape index (κ3) is 4.23. The van der Waals surface area contributed by atoms with Gasteiger partial charge in [-0.1, -0.05) is 12.7 Å². The number of carbonyl (C=O) groups excluding carboxylic acids is 1. The molecular formula is C10H12N2O4S. The van der Waals surface area contributed by atoms with Crippen LogP contribution < -0.4 is 4.90 Å². The van der Waals surface area contributed by atoms with Crippen LogP contribution in [-0.2, 0) is 9.53 Å². The molecule has 0 radical (unpaired) electrons. The van der Waals surface area contributed by atoms with Crippen LogP contribution in [0.4, 0.5) is 9.93 Å². The number of nitrogens with zero attached hydrogens (tertiary/aromatic N) is 2. The van der Waals surface area contributed by atoms with Crippen molar-refractivity contribution in [2.24, 2.45) is 0 Å². The minimum Gasteiger partial charge on any atom is -0.481 e. The van der Waals surface area contributed by atoms with E-state index in [-0.39, 0.29) is 19.6 Å². The van der Waals surface area contributed by atoms with Gasteiger partial charge in [0.1, 0.15) is 6.61 Å². The predicted molar refractivity (Wildman–Crippen MR) is 63.3 cm³/mol. The van der Waals surface area contributed by atoms with E-state index in [1.165, 1.54) is 28.5 Å². The average Bonchev–Trinajstić information content (AvgIpc) is 2.79. The lowest BCUT2D eigenvalue weighted by Gasteiger charge is -2.17. The predicted octanol–water partition coefficient (Wildman–Crippen LogP) is 1.75. The summed E-state index contributed by atoms with van der Waals surface area (Å²) in [6, 6.07) is 0. The van der Waals surface area contributed by atoms with Crippen molar-refractivity contribution in [1.29, 1.82) is 0 Å². The fourth-order valence-electron chi connectivity index (χ4n) is 1.03. The van der Waals surface area contributed by atoms with Gasteiger partial charge >= 0.3 is 12.1 Å². The number of amides is 1. The second kappa shape index (κ2) is 6.64. The molecule has 0 spiro atoms. The molecule has 0 unspecified atom stereocenters. The number of ether oxygens (including phenoxy) is 1. The minimum atomic E-state index is -0.983. The SMILES string of the molecule is C=CCOC(=O)N(CCC(=O)O)c1nccs1. The molecule has 0 aliphatic rings. The molecule has 0 atom stereocenters. The highest BCUT2D eigenvalue weighted by Gasteiger charge is 2.19. The number of aromatic nitrogens is 1. The second-order valence-corrected chi connectivity index (χ2v) is 3.85. The lowest BCUT2D eigenvalue weighted by atomic mass is 10.4. The molecule has 1 aromatic rings. The molecule has 0 aromatic carbocycles. The molecule has 0 fully saturated rings. The van der Waals surface area contributed by atoms with Gasteiger partial charge in [-0.25, -0.2) is 9.78 Å². The van der Waals surface area contributed by atoms with Gasteiger partial charge in [-0.15, -0.1) is 11.3 Å². The van der Waals surface area contributed by atoms with Crippen molar-refractivity contribution in [2.75, 3.05) is 18.1 Å². The van der Waals surface area contributed by atoms with Gasteiger partial charge in [0.05, 0.1) is 6.42 Å². The molecule has 0 aliphatic heterocycles. The van der Waals surface area contributed by atoms with Gasteiger partial charge in [-0.05, 0) is 0 Å². The first-order valence-electron chi connectivity index (χ1n) is 4.81. The Bertz CT molecular complexity index is 391. The van der Waals surface area contributed by atoms with Crippen molar-refractivity contribution < 1.29 is 19.4 Å². The monoisotopic (exact) mass is 256 g/mol. The number of rotatable bonds is 6. The number of anilines is 1. The molecule has 1 amide bonds. The van der Waals surface area contributed by atoms with Gasteiger partial charge in [0.2, 0.25) is 0 Å². The summed E-state index contributed by atoms with van der Waals surface area (Å²) in [6.07, 6.45) is 2.19. The smallest absolute Gasteiger partial charge is 0.416 e. The Morgan fingerprint density at radius 2 is 2.41 bits per heavy atom. The molecule has 1 heterocycles. The second-order valence-electron chi connectivity index (χ2n) is 2.98. The molecule has 1 N–H and O–H groups in total. The number of hydrogen-bond acceptors (Lipinski definition) is 5. The third-order valence-corrected chi connectivity index (χ3v) is 2.54. The molecule has 92 valence electrons. The maximum atomic E-state index is 11.6. The highest BCUT2D eigenvalue weighted by atomic mass is 32.1. The lowest BCUT2D eigenvalue weighted by Crippen LogP contribution is -2.33. The topological polar surface area (TPSA) is 79.7 Å². The highest BCUT2D eigenvalue weighted by Crippen LogP contribution is 2.18. The number of carbonyl (C=O) groups is 2. The van der Waals surface area contributed by atoms with Gasteiger partial charge in [-0.3, -0.25) is 9.69 Å². The maximum absolute atomic E-state index is 11.6. The minimum absolute atomic E-state index is 0.0266. The molecular weight excluding hydrogens is 244 g/mol. The molecule has 1 aromatic heterocycles. The Morgan fingerprint density at radius 3 is 2.94 bits per heavy atom. The number of carboxylic acid groups (broad SMARTS) is 1. The first kappa shape index (κ1) is 13.2. The summed E-state index contributed by atoms with van der Waals surface area (Å²) in [7, 11) is 0. The van der Waals surface area contributed by atoms with Crippen LogP contribution in [0, 0.1) is 0 Å². The maximum Gasteiger partial charge on any atom is 0.416 e. The van der Waals surface area contributed by atoms with Crippen LogP contribution in [0.1, 0.15) is 6.42 Å². The summed E-state index contributed by atoms with van der Waals surface area (Å²) in [6.45, 7) is 3.53. The summed E-state index contributed by atoms with van der Waals surface area (Å²) in [5.41, 5.74) is 0. The Labute approximate surface area is 102 Å². The first-order valence-corrected chi connectivity index (χ1v) is 5.69. The standard InChI is InChI=1S/C10H12N2O4S/c1-2-6-16-10(15)12(5-3-8(13)14)9-11-4-7-17-9/h2,4,7H,1,3,5-6H2,(H,13,14). The van der Waals surface area contributed by atoms with E-state index in [4.69, 9.17) is 9.84 Å². The lowest BCUT2D eigenvalue weighted by molar-refractivity contribution is -0.136. The van der Waals surface area contributed by atoms with Gasteiger partial charge in [0, 0.05) is 18.1 Å². The van der Waals surface area contributed by atoms with Crippen molar-refractivity contribution in [1.82, 2.24) is 4.98 Å². The molecule has 7 heteroatoms. The van der Waals surface area contributed by atoms with Gasteiger partial charge in [0.15, 0.2) is 5.13 Å². The van der Waals surface area contributed by atoms with Crippen LogP contribution >= 0.6 is 11.3 Å². The zero-order valence-electron chi connectivity index (χ0n) is 9.04. The van der Waals surface area contributed by atoms with Crippen LogP contribution in [0.15, 0.2) is 24.2 Å². The normalized spacial score (nSPS) is 9.65. The first-order chi connectivity index (χ1) is 8.15. The van der Waals surface area contributed by atoms with E-state index in [0.29, 0.717) is 5.13 Å². The van der Waals surface area contributed by atoms with Crippen LogP contribution in [0.2, 0.25) is 0 Å². The van der Waals surface area contributed by atoms with E-state index < -0.39 is 12.1 Å². The highest BCUT2D eigenvalue weighted by molar-refractivity contribution is 7.13. The van der Waals surface area contributed by atoms with Crippen LogP contribution in [-0.4, -0.2) is 35.3 Å². The quantitative estimate of drug-likeness (QED) is 0.784. The molecule has 17 heavy (non-hydrogen) atoms. The Kier molecular flexibility index (Phi) is 5.15. The van der Waals surface area contributed by atoms with Gasteiger partial charge in [0.25, 0.3) is 0 Å². The van der Waals surface area contributed by atoms with E-state index in [1.807, 2.05) is 0 Å². The molecule has 0 saturated heterocycles. The van der Waals surface area contributed by atoms with Crippen molar-refractivity contribution in [2.45, 2.75) is 6.42 Å². The van der Waals surface area contributed by atoms with E-state index >= 15 is 0 Å².